The van der Waals surface area contributed by atoms with E-state index in [0.717, 1.165) is 26.7 Å². The molecule has 0 spiro atoms. The third kappa shape index (κ3) is 1.57. The summed E-state index contributed by atoms with van der Waals surface area (Å²) in [4.78, 5) is 1.06. The molecule has 2 nitrogen and oxygen atoms in total. The average molecular weight is 266 g/mol. The third-order valence-electron chi connectivity index (χ3n) is 3.66. The van der Waals surface area contributed by atoms with Crippen LogP contribution in [0.5, 0.6) is 0 Å². The molecule has 0 bridgehead atoms. The van der Waals surface area contributed by atoms with E-state index in [1.807, 2.05) is 18.4 Å². The summed E-state index contributed by atoms with van der Waals surface area (Å²) >= 11 is 1.64. The lowest BCUT2D eigenvalue weighted by Crippen LogP contribution is -1.92. The van der Waals surface area contributed by atoms with Crippen LogP contribution in [0.3, 0.4) is 0 Å². The summed E-state index contributed by atoms with van der Waals surface area (Å²) in [6.07, 6.45) is 2.02. The Kier molecular flexibility index (Phi) is 2.76. The standard InChI is InChI=1S/C16H14N2S/c1-10-8-14(19-3)12(9-17)15-11-6-4-5-7-13(11)18(2)16(10)15/h4-8H,1-3H3. The summed E-state index contributed by atoms with van der Waals surface area (Å²) in [5.74, 6) is 0. The number of nitrogens with zero attached hydrogens (tertiary/aromatic N) is 2. The molecule has 1 heterocycles. The Balaban J connectivity index is 2.68. The minimum absolute atomic E-state index is 0.796. The largest absolute Gasteiger partial charge is 0.343 e. The lowest BCUT2D eigenvalue weighted by molar-refractivity contribution is 1.01. The van der Waals surface area contributed by atoms with Crippen molar-refractivity contribution in [3.63, 3.8) is 0 Å². The Morgan fingerprint density at radius 3 is 2.68 bits per heavy atom. The van der Waals surface area contributed by atoms with Crippen molar-refractivity contribution in [2.24, 2.45) is 7.05 Å². The molecule has 1 aromatic heterocycles. The summed E-state index contributed by atoms with van der Waals surface area (Å²) in [5, 5.41) is 11.8. The van der Waals surface area contributed by atoms with E-state index in [9.17, 15) is 5.26 Å². The second-order valence-electron chi connectivity index (χ2n) is 4.68. The SMILES string of the molecule is CSc1cc(C)c2c(c1C#N)c1ccccc1n2C. The van der Waals surface area contributed by atoms with Gasteiger partial charge in [0, 0.05) is 28.2 Å². The van der Waals surface area contributed by atoms with Gasteiger partial charge >= 0.3 is 0 Å². The van der Waals surface area contributed by atoms with Crippen LogP contribution in [0.15, 0.2) is 35.2 Å². The Labute approximate surface area is 116 Å². The quantitative estimate of drug-likeness (QED) is 0.617. The molecular formula is C16H14N2S. The lowest BCUT2D eigenvalue weighted by Gasteiger charge is -2.07. The van der Waals surface area contributed by atoms with E-state index in [0.29, 0.717) is 0 Å². The van der Waals surface area contributed by atoms with E-state index in [1.165, 1.54) is 11.1 Å². The fourth-order valence-corrected chi connectivity index (χ4v) is 3.49. The van der Waals surface area contributed by atoms with Crippen molar-refractivity contribution >= 4 is 33.6 Å². The Bertz CT molecular complexity index is 837. The van der Waals surface area contributed by atoms with Crippen LogP contribution in [-0.4, -0.2) is 10.8 Å². The van der Waals surface area contributed by atoms with Gasteiger partial charge in [-0.3, -0.25) is 0 Å². The van der Waals surface area contributed by atoms with Crippen molar-refractivity contribution < 1.29 is 0 Å². The van der Waals surface area contributed by atoms with Crippen molar-refractivity contribution in [2.75, 3.05) is 6.26 Å². The molecule has 0 aliphatic carbocycles. The van der Waals surface area contributed by atoms with Crippen LogP contribution in [0, 0.1) is 18.3 Å². The molecule has 0 saturated carbocycles. The summed E-state index contributed by atoms with van der Waals surface area (Å²) in [5.41, 5.74) is 4.35. The molecule has 0 saturated heterocycles. The van der Waals surface area contributed by atoms with E-state index in [-0.39, 0.29) is 0 Å². The van der Waals surface area contributed by atoms with Crippen LogP contribution in [0.25, 0.3) is 21.8 Å². The molecule has 94 valence electrons. The summed E-state index contributed by atoms with van der Waals surface area (Å²) in [7, 11) is 2.07. The maximum Gasteiger partial charge on any atom is 0.101 e. The van der Waals surface area contributed by atoms with E-state index < -0.39 is 0 Å². The molecule has 0 N–H and O–H groups in total. The second kappa shape index (κ2) is 4.32. The molecule has 0 fully saturated rings. The number of nitriles is 1. The summed E-state index contributed by atoms with van der Waals surface area (Å²) in [6.45, 7) is 2.11. The first-order chi connectivity index (χ1) is 9.19. The normalized spacial score (nSPS) is 11.1. The van der Waals surface area contributed by atoms with E-state index in [2.05, 4.69) is 42.8 Å². The van der Waals surface area contributed by atoms with Gasteiger partial charge in [0.25, 0.3) is 0 Å². The zero-order valence-electron chi connectivity index (χ0n) is 11.2. The van der Waals surface area contributed by atoms with Gasteiger partial charge in [0.2, 0.25) is 0 Å². The molecule has 0 radical (unpaired) electrons. The smallest absolute Gasteiger partial charge is 0.101 e. The first-order valence-electron chi connectivity index (χ1n) is 6.14. The van der Waals surface area contributed by atoms with Crippen LogP contribution in [0.2, 0.25) is 0 Å². The van der Waals surface area contributed by atoms with Crippen LogP contribution < -0.4 is 0 Å². The van der Waals surface area contributed by atoms with Gasteiger partial charge in [-0.2, -0.15) is 5.26 Å². The zero-order valence-corrected chi connectivity index (χ0v) is 12.0. The number of hydrogen-bond donors (Lipinski definition) is 0. The first-order valence-corrected chi connectivity index (χ1v) is 7.36. The molecule has 0 aliphatic heterocycles. The highest BCUT2D eigenvalue weighted by atomic mass is 32.2. The lowest BCUT2D eigenvalue weighted by atomic mass is 10.0. The fourth-order valence-electron chi connectivity index (χ4n) is 2.84. The van der Waals surface area contributed by atoms with Crippen molar-refractivity contribution in [2.45, 2.75) is 11.8 Å². The van der Waals surface area contributed by atoms with Gasteiger partial charge in [0.05, 0.1) is 11.1 Å². The van der Waals surface area contributed by atoms with Gasteiger partial charge in [0.15, 0.2) is 0 Å². The summed E-state index contributed by atoms with van der Waals surface area (Å²) < 4.78 is 2.19. The monoisotopic (exact) mass is 266 g/mol. The van der Waals surface area contributed by atoms with E-state index >= 15 is 0 Å². The third-order valence-corrected chi connectivity index (χ3v) is 4.42. The molecule has 3 heteroatoms. The predicted octanol–water partition coefficient (Wildman–Crippen LogP) is 4.23. The highest BCUT2D eigenvalue weighted by molar-refractivity contribution is 7.98. The Hall–Kier alpha value is -1.92. The molecule has 0 atom stereocenters. The number of fused-ring (bicyclic) bond motifs is 3. The number of aryl methyl sites for hydroxylation is 2. The van der Waals surface area contributed by atoms with Crippen LogP contribution in [0.1, 0.15) is 11.1 Å². The number of thioether (sulfide) groups is 1. The number of aromatic nitrogens is 1. The van der Waals surface area contributed by atoms with Gasteiger partial charge in [0.1, 0.15) is 6.07 Å². The average Bonchev–Trinajstić information content (AvgIpc) is 2.74. The van der Waals surface area contributed by atoms with Gasteiger partial charge < -0.3 is 4.57 Å². The van der Waals surface area contributed by atoms with Gasteiger partial charge in [-0.05, 0) is 30.9 Å². The number of rotatable bonds is 1. The van der Waals surface area contributed by atoms with Crippen LogP contribution >= 0.6 is 11.8 Å². The molecule has 0 unspecified atom stereocenters. The predicted molar refractivity (Wildman–Crippen MR) is 81.7 cm³/mol. The van der Waals surface area contributed by atoms with Crippen molar-refractivity contribution in [3.05, 3.63) is 41.5 Å². The highest BCUT2D eigenvalue weighted by Gasteiger charge is 2.16. The van der Waals surface area contributed by atoms with Gasteiger partial charge in [-0.1, -0.05) is 18.2 Å². The number of hydrogen-bond acceptors (Lipinski definition) is 2. The van der Waals surface area contributed by atoms with Crippen LogP contribution in [0.4, 0.5) is 0 Å². The van der Waals surface area contributed by atoms with Crippen molar-refractivity contribution in [1.29, 1.82) is 5.26 Å². The minimum Gasteiger partial charge on any atom is -0.343 e. The second-order valence-corrected chi connectivity index (χ2v) is 5.53. The molecule has 0 amide bonds. The summed E-state index contributed by atoms with van der Waals surface area (Å²) in [6, 6.07) is 12.8. The van der Waals surface area contributed by atoms with Crippen molar-refractivity contribution in [1.82, 2.24) is 4.57 Å². The number of benzene rings is 2. The molecular weight excluding hydrogens is 252 g/mol. The molecule has 3 rings (SSSR count). The zero-order chi connectivity index (χ0) is 13.6. The highest BCUT2D eigenvalue weighted by Crippen LogP contribution is 2.37. The maximum absolute atomic E-state index is 9.53. The first kappa shape index (κ1) is 12.1. The topological polar surface area (TPSA) is 28.7 Å². The maximum atomic E-state index is 9.53. The molecule has 0 aliphatic rings. The minimum atomic E-state index is 0.796. The van der Waals surface area contributed by atoms with Crippen molar-refractivity contribution in [3.8, 4) is 6.07 Å². The van der Waals surface area contributed by atoms with Gasteiger partial charge in [-0.25, -0.2) is 0 Å². The molecule has 3 aromatic rings. The van der Waals surface area contributed by atoms with Crippen LogP contribution in [-0.2, 0) is 7.05 Å². The van der Waals surface area contributed by atoms with E-state index in [1.54, 1.807) is 11.8 Å². The molecule has 19 heavy (non-hydrogen) atoms. The van der Waals surface area contributed by atoms with Gasteiger partial charge in [-0.15, -0.1) is 11.8 Å². The Morgan fingerprint density at radius 2 is 2.00 bits per heavy atom. The van der Waals surface area contributed by atoms with E-state index in [4.69, 9.17) is 0 Å². The molecule has 2 aromatic carbocycles. The fraction of sp³-hybridized carbons (Fsp3) is 0.188. The number of para-hydroxylation sites is 1. The Morgan fingerprint density at radius 1 is 1.26 bits per heavy atom.